The van der Waals surface area contributed by atoms with E-state index in [-0.39, 0.29) is 34.9 Å². The number of hydrogen-bond donors (Lipinski definition) is 5. The van der Waals surface area contributed by atoms with Crippen LogP contribution in [-0.2, 0) is 30.0 Å². The summed E-state index contributed by atoms with van der Waals surface area (Å²) in [5.41, 5.74) is 7.06. The molecule has 66 heavy (non-hydrogen) atoms. The van der Waals surface area contributed by atoms with E-state index in [2.05, 4.69) is 47.4 Å². The number of likely N-dealkylation sites (N-methyl/N-ethyl adjacent to an activating group) is 1. The van der Waals surface area contributed by atoms with Gasteiger partial charge in [-0.15, -0.1) is 11.3 Å². The number of rotatable bonds is 15. The lowest BCUT2D eigenvalue weighted by Crippen LogP contribution is -2.45. The average molecular weight is 950 g/mol. The zero-order valence-electron chi connectivity index (χ0n) is 37.0. The standard InChI is InChI=1S/C43H51N17O3S3/c1-26-13-36(53-38-40-46-20-34(29-17-48-56(3)22-29)59(40)24-32(50-38)15-28-7-5-9-44-16-28)64-43(26)66(62,63)57(4)11-12-58-23-30(18-49-58)35-21-47-41-39(54-37-14-27(2)55-65-37)52-33(25-60(35)41)42(61)51-31-8-6-10-45-19-31/h13-14,17-18,20-25,28,31,44-45H,5-12,15-16,19H2,1-4H3,(H,50,53)(H,51,61)(H,52,54). The third-order valence-electron chi connectivity index (χ3n) is 12.0. The number of nitrogens with zero attached hydrogens (tertiary/aromatic N) is 12. The molecule has 10 rings (SSSR count). The Hall–Kier alpha value is -6.11. The van der Waals surface area contributed by atoms with Crippen LogP contribution in [-0.4, -0.2) is 117 Å². The van der Waals surface area contributed by atoms with Crippen molar-refractivity contribution in [2.75, 3.05) is 50.4 Å². The topological polar surface area (TPSA) is 224 Å². The molecule has 2 atom stereocenters. The van der Waals surface area contributed by atoms with Crippen molar-refractivity contribution in [3.63, 3.8) is 0 Å². The average Bonchev–Trinajstić information content (AvgIpc) is 4.18. The Morgan fingerprint density at radius 3 is 2.27 bits per heavy atom. The molecule has 8 aromatic heterocycles. The van der Waals surface area contributed by atoms with Crippen LogP contribution in [0.15, 0.2) is 65.9 Å². The van der Waals surface area contributed by atoms with Crippen LogP contribution < -0.4 is 26.6 Å². The molecule has 2 unspecified atom stereocenters. The summed E-state index contributed by atoms with van der Waals surface area (Å²) >= 11 is 2.47. The highest BCUT2D eigenvalue weighted by molar-refractivity contribution is 7.91. The number of carbonyl (C=O) groups excluding carboxylic acids is 1. The van der Waals surface area contributed by atoms with Crippen molar-refractivity contribution in [2.45, 2.75) is 62.7 Å². The van der Waals surface area contributed by atoms with E-state index in [0.29, 0.717) is 51.7 Å². The number of amides is 1. The summed E-state index contributed by atoms with van der Waals surface area (Å²) in [6.07, 6.45) is 19.5. The lowest BCUT2D eigenvalue weighted by molar-refractivity contribution is 0.0925. The molecule has 8 aromatic rings. The Balaban J connectivity index is 0.864. The van der Waals surface area contributed by atoms with Crippen LogP contribution in [0.5, 0.6) is 0 Å². The Morgan fingerprint density at radius 1 is 0.864 bits per heavy atom. The third kappa shape index (κ3) is 9.05. The fourth-order valence-electron chi connectivity index (χ4n) is 8.57. The van der Waals surface area contributed by atoms with Crippen LogP contribution in [0, 0.1) is 19.8 Å². The molecule has 5 N–H and O–H groups in total. The van der Waals surface area contributed by atoms with Crippen molar-refractivity contribution in [3.8, 4) is 22.5 Å². The number of aromatic nitrogens is 11. The van der Waals surface area contributed by atoms with Gasteiger partial charge in [-0.3, -0.25) is 23.0 Å². The molecule has 1 amide bonds. The first-order chi connectivity index (χ1) is 31.9. The molecule has 0 aliphatic carbocycles. The van der Waals surface area contributed by atoms with Crippen molar-refractivity contribution < 1.29 is 13.2 Å². The molecule has 20 nitrogen and oxygen atoms in total. The fraction of sp³-hybridized carbons (Fsp3) is 0.395. The van der Waals surface area contributed by atoms with Gasteiger partial charge in [-0.2, -0.15) is 18.9 Å². The highest BCUT2D eigenvalue weighted by atomic mass is 32.2. The van der Waals surface area contributed by atoms with Gasteiger partial charge in [0.05, 0.1) is 59.1 Å². The van der Waals surface area contributed by atoms with Crippen LogP contribution in [0.2, 0.25) is 0 Å². The van der Waals surface area contributed by atoms with Crippen LogP contribution in [0.4, 0.5) is 21.6 Å². The normalized spacial score (nSPS) is 17.0. The van der Waals surface area contributed by atoms with Crippen LogP contribution >= 0.6 is 22.9 Å². The van der Waals surface area contributed by atoms with Crippen LogP contribution in [0.3, 0.4) is 0 Å². The van der Waals surface area contributed by atoms with E-state index >= 15 is 0 Å². The lowest BCUT2D eigenvalue weighted by Gasteiger charge is -2.23. The van der Waals surface area contributed by atoms with Gasteiger partial charge < -0.3 is 26.6 Å². The number of sulfonamides is 1. The van der Waals surface area contributed by atoms with Crippen molar-refractivity contribution in [2.24, 2.45) is 13.0 Å². The van der Waals surface area contributed by atoms with Gasteiger partial charge in [0.1, 0.15) is 14.9 Å². The number of piperidine rings is 2. The zero-order valence-corrected chi connectivity index (χ0v) is 39.5. The molecule has 23 heteroatoms. The summed E-state index contributed by atoms with van der Waals surface area (Å²) in [5.74, 6) is 1.15. The predicted octanol–water partition coefficient (Wildman–Crippen LogP) is 5.00. The number of anilines is 4. The molecule has 2 aliphatic heterocycles. The van der Waals surface area contributed by atoms with E-state index in [1.807, 2.05) is 59.7 Å². The maximum Gasteiger partial charge on any atom is 0.271 e. The van der Waals surface area contributed by atoms with E-state index in [9.17, 15) is 13.2 Å². The molecule has 0 bridgehead atoms. The molecular formula is C43H51N17O3S3. The fourth-order valence-corrected chi connectivity index (χ4v) is 12.2. The second-order valence-electron chi connectivity index (χ2n) is 17.0. The van der Waals surface area contributed by atoms with Gasteiger partial charge >= 0.3 is 0 Å². The molecule has 0 radical (unpaired) electrons. The number of imidazole rings is 2. The monoisotopic (exact) mass is 949 g/mol. The van der Waals surface area contributed by atoms with Gasteiger partial charge in [0.25, 0.3) is 15.9 Å². The first kappa shape index (κ1) is 43.8. The van der Waals surface area contributed by atoms with E-state index in [1.165, 1.54) is 27.2 Å². The third-order valence-corrected chi connectivity index (χ3v) is 16.4. The number of carbonyl (C=O) groups is 1. The largest absolute Gasteiger partial charge is 0.347 e. The summed E-state index contributed by atoms with van der Waals surface area (Å²) in [4.78, 5) is 32.8. The maximum absolute atomic E-state index is 14.2. The van der Waals surface area contributed by atoms with Gasteiger partial charge in [0, 0.05) is 69.1 Å². The first-order valence-electron chi connectivity index (χ1n) is 22.0. The van der Waals surface area contributed by atoms with Crippen molar-refractivity contribution in [1.82, 2.24) is 72.9 Å². The second kappa shape index (κ2) is 18.3. The van der Waals surface area contributed by atoms with Gasteiger partial charge in [-0.25, -0.2) is 28.4 Å². The minimum absolute atomic E-state index is 0.00401. The minimum Gasteiger partial charge on any atom is -0.347 e. The molecule has 10 heterocycles. The summed E-state index contributed by atoms with van der Waals surface area (Å²) in [6.45, 7) is 7.77. The SMILES string of the molecule is Cc1cc(Nc2nc(C(=O)NC3CCCNC3)cn3c(-c4cnn(CCN(C)S(=O)(=O)c5sc(Nc6nc(CC7CCCNC7)cn7c(-c8cnn(C)c8)cnc67)cc5C)c4)cnc23)sn1. The number of hydrogen-bond acceptors (Lipinski definition) is 16. The number of nitrogens with one attached hydrogen (secondary N) is 5. The van der Waals surface area contributed by atoms with Gasteiger partial charge in [-0.05, 0) is 101 Å². The van der Waals surface area contributed by atoms with E-state index in [0.717, 1.165) is 84.9 Å². The summed E-state index contributed by atoms with van der Waals surface area (Å²) < 4.78 is 41.7. The van der Waals surface area contributed by atoms with E-state index in [4.69, 9.17) is 19.9 Å². The van der Waals surface area contributed by atoms with E-state index < -0.39 is 10.0 Å². The Bertz CT molecular complexity index is 3150. The van der Waals surface area contributed by atoms with Gasteiger partial charge in [0.15, 0.2) is 22.9 Å². The second-order valence-corrected chi connectivity index (χ2v) is 21.1. The Morgan fingerprint density at radius 2 is 1.58 bits per heavy atom. The van der Waals surface area contributed by atoms with Gasteiger partial charge in [0.2, 0.25) is 0 Å². The highest BCUT2D eigenvalue weighted by Gasteiger charge is 2.27. The molecule has 344 valence electrons. The number of aryl methyl sites for hydroxylation is 3. The van der Waals surface area contributed by atoms with Crippen molar-refractivity contribution in [3.05, 3.63) is 84.4 Å². The molecular weight excluding hydrogens is 899 g/mol. The minimum atomic E-state index is -3.89. The molecule has 2 aliphatic rings. The predicted molar refractivity (Wildman–Crippen MR) is 254 cm³/mol. The maximum atomic E-state index is 14.2. The molecule has 0 spiro atoms. The quantitative estimate of drug-likeness (QED) is 0.0913. The Kier molecular flexibility index (Phi) is 12.1. The molecule has 2 fully saturated rings. The van der Waals surface area contributed by atoms with E-state index in [1.54, 1.807) is 41.9 Å². The van der Waals surface area contributed by atoms with Crippen LogP contribution in [0.25, 0.3) is 33.8 Å². The lowest BCUT2D eigenvalue weighted by atomic mass is 9.95. The summed E-state index contributed by atoms with van der Waals surface area (Å²) in [5, 5.41) is 27.1. The Labute approximate surface area is 389 Å². The number of fused-ring (bicyclic) bond motifs is 2. The summed E-state index contributed by atoms with van der Waals surface area (Å²) in [7, 11) is -0.423. The van der Waals surface area contributed by atoms with Crippen molar-refractivity contribution in [1.29, 1.82) is 0 Å². The summed E-state index contributed by atoms with van der Waals surface area (Å²) in [6, 6.07) is 3.76. The molecule has 2 saturated heterocycles. The van der Waals surface area contributed by atoms with Crippen molar-refractivity contribution >= 4 is 71.7 Å². The smallest absolute Gasteiger partial charge is 0.271 e. The molecule has 0 saturated carbocycles. The zero-order chi connectivity index (χ0) is 45.5. The molecule has 0 aromatic carbocycles. The van der Waals surface area contributed by atoms with Crippen LogP contribution in [0.1, 0.15) is 53.1 Å². The first-order valence-corrected chi connectivity index (χ1v) is 25.0. The highest BCUT2D eigenvalue weighted by Crippen LogP contribution is 2.36. The number of thiophene rings is 1. The van der Waals surface area contributed by atoms with Gasteiger partial charge in [-0.1, -0.05) is 0 Å².